The minimum Gasteiger partial charge on any atom is -0.369 e. The predicted octanol–water partition coefficient (Wildman–Crippen LogP) is 2.17. The highest BCUT2D eigenvalue weighted by Crippen LogP contribution is 2.32. The molecule has 0 spiro atoms. The first-order valence-corrected chi connectivity index (χ1v) is 14.2. The number of imide groups is 2. The van der Waals surface area contributed by atoms with Crippen LogP contribution in [0.2, 0.25) is 0 Å². The average Bonchev–Trinajstić information content (AvgIpc) is 3.22. The summed E-state index contributed by atoms with van der Waals surface area (Å²) in [5.74, 6) is -2.15. The number of fused-ring (bicyclic) bond motifs is 1. The van der Waals surface area contributed by atoms with Gasteiger partial charge >= 0.3 is 0 Å². The van der Waals surface area contributed by atoms with Crippen LogP contribution in [0.15, 0.2) is 36.4 Å². The molecule has 0 aromatic heterocycles. The van der Waals surface area contributed by atoms with Crippen molar-refractivity contribution in [2.24, 2.45) is 5.92 Å². The Bertz CT molecular complexity index is 1470. The Morgan fingerprint density at radius 1 is 0.857 bits per heavy atom. The number of rotatable bonds is 6. The number of anilines is 2. The lowest BCUT2D eigenvalue weighted by molar-refractivity contribution is -0.385. The summed E-state index contributed by atoms with van der Waals surface area (Å²) in [6.07, 6.45) is 2.01. The lowest BCUT2D eigenvalue weighted by atomic mass is 9.95. The lowest BCUT2D eigenvalue weighted by Gasteiger charge is -2.40. The maximum atomic E-state index is 14.5. The topological polar surface area (TPSA) is 136 Å². The third kappa shape index (κ3) is 5.20. The third-order valence-corrected chi connectivity index (χ3v) is 8.77. The summed E-state index contributed by atoms with van der Waals surface area (Å²) < 4.78 is 14.5. The number of carbonyl (C=O) groups excluding carboxylic acids is 4. The number of nitro groups is 1. The van der Waals surface area contributed by atoms with Gasteiger partial charge in [-0.2, -0.15) is 0 Å². The first-order valence-electron chi connectivity index (χ1n) is 14.2. The van der Waals surface area contributed by atoms with Crippen LogP contribution in [0.25, 0.3) is 0 Å². The second kappa shape index (κ2) is 11.1. The van der Waals surface area contributed by atoms with Gasteiger partial charge in [0.05, 0.1) is 27.8 Å². The number of hydrogen-bond donors (Lipinski definition) is 1. The number of hydrogen-bond acceptors (Lipinski definition) is 9. The Balaban J connectivity index is 1.02. The van der Waals surface area contributed by atoms with Crippen molar-refractivity contribution in [2.75, 3.05) is 55.6 Å². The van der Waals surface area contributed by atoms with Crippen LogP contribution < -0.4 is 15.1 Å². The van der Waals surface area contributed by atoms with Gasteiger partial charge in [-0.05, 0) is 49.4 Å². The maximum Gasteiger partial charge on any atom is 0.272 e. The summed E-state index contributed by atoms with van der Waals surface area (Å²) in [6, 6.07) is 8.02. The van der Waals surface area contributed by atoms with E-state index >= 15 is 0 Å². The normalized spacial score (nSPS) is 22.0. The molecule has 42 heavy (non-hydrogen) atoms. The highest BCUT2D eigenvalue weighted by molar-refractivity contribution is 6.23. The average molecular weight is 579 g/mol. The number of nitro benzene ring substituents is 1. The predicted molar refractivity (Wildman–Crippen MR) is 150 cm³/mol. The van der Waals surface area contributed by atoms with Crippen molar-refractivity contribution in [2.45, 2.75) is 31.7 Å². The summed E-state index contributed by atoms with van der Waals surface area (Å²) in [4.78, 5) is 67.8. The Morgan fingerprint density at radius 2 is 1.57 bits per heavy atom. The van der Waals surface area contributed by atoms with Crippen LogP contribution in [0.3, 0.4) is 0 Å². The fraction of sp³-hybridized carbons (Fsp3) is 0.448. The standard InChI is InChI=1S/C29H31FN6O6/c30-23-16-20(36(41)42)2-4-24(23)34-9-7-18(8-10-34)17-32-11-13-33(14-12-32)19-1-3-21-22(15-19)29(40)35(28(21)39)25-5-6-26(37)31-27(25)38/h1-4,15-16,18,25H,5-14,17H2,(H,31,37,38). The molecule has 4 aliphatic rings. The number of carbonyl (C=O) groups is 4. The van der Waals surface area contributed by atoms with Crippen LogP contribution in [0.4, 0.5) is 21.5 Å². The van der Waals surface area contributed by atoms with E-state index in [1.54, 1.807) is 12.1 Å². The number of nitrogens with zero attached hydrogens (tertiary/aromatic N) is 5. The monoisotopic (exact) mass is 578 g/mol. The second-order valence-corrected chi connectivity index (χ2v) is 11.3. The number of piperidine rings is 2. The molecule has 4 aliphatic heterocycles. The van der Waals surface area contributed by atoms with Crippen LogP contribution in [0.5, 0.6) is 0 Å². The van der Waals surface area contributed by atoms with Crippen molar-refractivity contribution in [3.63, 3.8) is 0 Å². The van der Waals surface area contributed by atoms with Gasteiger partial charge in [0.1, 0.15) is 6.04 Å². The van der Waals surface area contributed by atoms with Crippen molar-refractivity contribution in [1.82, 2.24) is 15.1 Å². The summed E-state index contributed by atoms with van der Waals surface area (Å²) in [6.45, 7) is 5.50. The molecule has 4 amide bonds. The van der Waals surface area contributed by atoms with Gasteiger partial charge in [0.2, 0.25) is 11.8 Å². The lowest BCUT2D eigenvalue weighted by Crippen LogP contribution is -2.54. The molecule has 220 valence electrons. The maximum absolute atomic E-state index is 14.5. The number of amides is 4. The molecule has 0 aliphatic carbocycles. The molecule has 3 saturated heterocycles. The van der Waals surface area contributed by atoms with Gasteiger partial charge in [0.25, 0.3) is 17.5 Å². The van der Waals surface area contributed by atoms with E-state index in [4.69, 9.17) is 0 Å². The highest BCUT2D eigenvalue weighted by atomic mass is 19.1. The molecule has 1 N–H and O–H groups in total. The molecule has 1 unspecified atom stereocenters. The van der Waals surface area contributed by atoms with Gasteiger partial charge in [-0.1, -0.05) is 0 Å². The van der Waals surface area contributed by atoms with Crippen LogP contribution in [0, 0.1) is 21.8 Å². The molecule has 0 bridgehead atoms. The fourth-order valence-corrected chi connectivity index (χ4v) is 6.43. The number of benzene rings is 2. The van der Waals surface area contributed by atoms with E-state index in [0.29, 0.717) is 24.7 Å². The molecule has 12 nitrogen and oxygen atoms in total. The van der Waals surface area contributed by atoms with Crippen LogP contribution >= 0.6 is 0 Å². The highest BCUT2D eigenvalue weighted by Gasteiger charge is 2.44. The Morgan fingerprint density at radius 3 is 2.24 bits per heavy atom. The third-order valence-electron chi connectivity index (χ3n) is 8.77. The minimum atomic E-state index is -0.984. The summed E-state index contributed by atoms with van der Waals surface area (Å²) in [7, 11) is 0. The van der Waals surface area contributed by atoms with Gasteiger partial charge in [-0.25, -0.2) is 4.39 Å². The summed E-state index contributed by atoms with van der Waals surface area (Å²) >= 11 is 0. The number of nitrogens with one attached hydrogen (secondary N) is 1. The zero-order valence-electron chi connectivity index (χ0n) is 23.0. The molecule has 6 rings (SSSR count). The number of non-ortho nitro benzene ring substituents is 1. The van der Waals surface area contributed by atoms with E-state index in [1.165, 1.54) is 12.1 Å². The quantitative estimate of drug-likeness (QED) is 0.311. The Hall–Kier alpha value is -4.39. The van der Waals surface area contributed by atoms with E-state index in [0.717, 1.165) is 62.2 Å². The molecule has 4 heterocycles. The summed E-state index contributed by atoms with van der Waals surface area (Å²) in [5.41, 5.74) is 1.55. The molecule has 0 saturated carbocycles. The molecule has 2 aromatic rings. The zero-order chi connectivity index (χ0) is 29.5. The van der Waals surface area contributed by atoms with Crippen LogP contribution in [-0.2, 0) is 9.59 Å². The van der Waals surface area contributed by atoms with E-state index in [1.807, 2.05) is 11.0 Å². The fourth-order valence-electron chi connectivity index (χ4n) is 6.43. The zero-order valence-corrected chi connectivity index (χ0v) is 23.0. The van der Waals surface area contributed by atoms with Gasteiger partial charge < -0.3 is 9.80 Å². The molecular weight excluding hydrogens is 547 g/mol. The number of halogens is 1. The first-order chi connectivity index (χ1) is 20.2. The van der Waals surface area contributed by atoms with Crippen LogP contribution in [-0.4, -0.2) is 90.2 Å². The van der Waals surface area contributed by atoms with Gasteiger partial charge in [0.15, 0.2) is 5.82 Å². The summed E-state index contributed by atoms with van der Waals surface area (Å²) in [5, 5.41) is 13.1. The molecule has 3 fully saturated rings. The van der Waals surface area contributed by atoms with Crippen molar-refractivity contribution < 1.29 is 28.5 Å². The van der Waals surface area contributed by atoms with E-state index in [2.05, 4.69) is 15.1 Å². The number of piperazine rings is 1. The SMILES string of the molecule is O=C1CCC(N2C(=O)c3ccc(N4CCN(CC5CCN(c6ccc([N+](=O)[O-])cc6F)CC5)CC4)cc3C2=O)C(=O)N1. The second-order valence-electron chi connectivity index (χ2n) is 11.3. The van der Waals surface area contributed by atoms with Gasteiger partial charge in [0, 0.05) is 64.0 Å². The minimum absolute atomic E-state index is 0.0801. The molecule has 1 atom stereocenters. The van der Waals surface area contributed by atoms with E-state index in [-0.39, 0.29) is 29.7 Å². The van der Waals surface area contributed by atoms with Crippen molar-refractivity contribution >= 4 is 40.7 Å². The van der Waals surface area contributed by atoms with Crippen molar-refractivity contribution in [3.8, 4) is 0 Å². The van der Waals surface area contributed by atoms with Crippen LogP contribution in [0.1, 0.15) is 46.4 Å². The first kappa shape index (κ1) is 27.8. The smallest absolute Gasteiger partial charge is 0.272 e. The van der Waals surface area contributed by atoms with Crippen molar-refractivity contribution in [1.29, 1.82) is 0 Å². The van der Waals surface area contributed by atoms with Gasteiger partial charge in [-0.15, -0.1) is 0 Å². The molecule has 2 aromatic carbocycles. The largest absolute Gasteiger partial charge is 0.369 e. The Labute approximate surface area is 241 Å². The van der Waals surface area contributed by atoms with Crippen molar-refractivity contribution in [3.05, 3.63) is 63.5 Å². The van der Waals surface area contributed by atoms with E-state index in [9.17, 15) is 33.7 Å². The molecule has 0 radical (unpaired) electrons. The molecular formula is C29H31FN6O6. The van der Waals surface area contributed by atoms with E-state index < -0.39 is 40.4 Å². The Kier molecular flexibility index (Phi) is 7.35. The molecule has 13 heteroatoms. The van der Waals surface area contributed by atoms with Gasteiger partial charge in [-0.3, -0.25) is 44.4 Å².